The minimum atomic E-state index is -0.333. The molecule has 1 aliphatic rings. The first-order chi connectivity index (χ1) is 17.6. The van der Waals surface area contributed by atoms with Crippen LogP contribution in [0.3, 0.4) is 0 Å². The second-order valence-corrected chi connectivity index (χ2v) is 10.9. The van der Waals surface area contributed by atoms with Gasteiger partial charge in [0, 0.05) is 11.5 Å². The predicted molar refractivity (Wildman–Crippen MR) is 148 cm³/mol. The smallest absolute Gasteiger partial charge is 0.277 e. The minimum Gasteiger partial charge on any atom is -0.490 e. The van der Waals surface area contributed by atoms with E-state index in [0.717, 1.165) is 11.1 Å². The predicted octanol–water partition coefficient (Wildman–Crippen LogP) is 5.98. The highest BCUT2D eigenvalue weighted by Crippen LogP contribution is 2.45. The van der Waals surface area contributed by atoms with Crippen molar-refractivity contribution < 1.29 is 19.0 Å². The van der Waals surface area contributed by atoms with E-state index in [4.69, 9.17) is 14.2 Å². The van der Waals surface area contributed by atoms with Crippen molar-refractivity contribution in [2.45, 2.75) is 25.0 Å². The number of nitrogens with zero attached hydrogens (tertiary/aromatic N) is 1. The van der Waals surface area contributed by atoms with Gasteiger partial charge in [0.25, 0.3) is 5.91 Å². The Hall–Kier alpha value is -3.10. The Balaban J connectivity index is 1.26. The highest BCUT2D eigenvalue weighted by atomic mass is 32.2. The second kappa shape index (κ2) is 13.3. The van der Waals surface area contributed by atoms with Crippen LogP contribution >= 0.6 is 23.5 Å². The lowest BCUT2D eigenvalue weighted by molar-refractivity contribution is -0.123. The first kappa shape index (κ1) is 26.0. The topological polar surface area (TPSA) is 69.2 Å². The van der Waals surface area contributed by atoms with Gasteiger partial charge in [0.05, 0.1) is 17.4 Å². The van der Waals surface area contributed by atoms with E-state index in [9.17, 15) is 4.79 Å². The number of aryl methyl sites for hydroxylation is 1. The van der Waals surface area contributed by atoms with Crippen molar-refractivity contribution in [1.29, 1.82) is 0 Å². The van der Waals surface area contributed by atoms with Gasteiger partial charge < -0.3 is 14.2 Å². The molecule has 8 heteroatoms. The molecule has 0 spiro atoms. The molecule has 1 N–H and O–H groups in total. The number of ether oxygens (including phenoxy) is 3. The van der Waals surface area contributed by atoms with Gasteiger partial charge >= 0.3 is 0 Å². The zero-order valence-electron chi connectivity index (χ0n) is 20.4. The standard InChI is InChI=1S/C28H30N2O4S2/c1-3-32-26-16-22(8-13-25(26)34-18-21-6-4-20(2)5-7-21)17-29-30-27(31)19-33-24-11-9-23(10-12-24)28-35-14-15-36-28/h4-13,16-17,28H,3,14-15,18-19H2,1-2H3,(H,30,31)/b29-17-. The highest BCUT2D eigenvalue weighted by Gasteiger charge is 2.18. The van der Waals surface area contributed by atoms with Crippen LogP contribution in [-0.2, 0) is 11.4 Å². The summed E-state index contributed by atoms with van der Waals surface area (Å²) in [6.45, 7) is 4.83. The summed E-state index contributed by atoms with van der Waals surface area (Å²) in [7, 11) is 0. The van der Waals surface area contributed by atoms with Crippen LogP contribution in [0.15, 0.2) is 71.8 Å². The fourth-order valence-corrected chi connectivity index (χ4v) is 6.33. The van der Waals surface area contributed by atoms with Crippen molar-refractivity contribution in [3.8, 4) is 17.2 Å². The maximum Gasteiger partial charge on any atom is 0.277 e. The Labute approximate surface area is 220 Å². The third-order valence-electron chi connectivity index (χ3n) is 5.33. The third-order valence-corrected chi connectivity index (χ3v) is 8.43. The molecule has 36 heavy (non-hydrogen) atoms. The lowest BCUT2D eigenvalue weighted by atomic mass is 10.2. The molecule has 0 aromatic heterocycles. The summed E-state index contributed by atoms with van der Waals surface area (Å²) in [5, 5.41) is 4.05. The van der Waals surface area contributed by atoms with E-state index < -0.39 is 0 Å². The number of amides is 1. The molecule has 4 rings (SSSR count). The van der Waals surface area contributed by atoms with E-state index in [0.29, 0.717) is 35.0 Å². The maximum absolute atomic E-state index is 12.1. The number of thioether (sulfide) groups is 2. The van der Waals surface area contributed by atoms with Gasteiger partial charge in [0.1, 0.15) is 12.4 Å². The highest BCUT2D eigenvalue weighted by molar-refractivity contribution is 8.19. The summed E-state index contributed by atoms with van der Waals surface area (Å²) < 4.78 is 17.8. The molecule has 1 saturated heterocycles. The lowest BCUT2D eigenvalue weighted by Crippen LogP contribution is -2.24. The molecule has 6 nitrogen and oxygen atoms in total. The van der Waals surface area contributed by atoms with Gasteiger partial charge in [0.2, 0.25) is 0 Å². The zero-order chi connectivity index (χ0) is 25.2. The normalized spacial score (nSPS) is 13.6. The summed E-state index contributed by atoms with van der Waals surface area (Å²) >= 11 is 3.92. The van der Waals surface area contributed by atoms with Crippen LogP contribution in [0.1, 0.15) is 33.8 Å². The number of rotatable bonds is 11. The molecule has 0 unspecified atom stereocenters. The average Bonchev–Trinajstić information content (AvgIpc) is 3.44. The number of hydrogen-bond donors (Lipinski definition) is 1. The Morgan fingerprint density at radius 1 is 0.972 bits per heavy atom. The van der Waals surface area contributed by atoms with Crippen molar-refractivity contribution >= 4 is 35.6 Å². The Morgan fingerprint density at radius 3 is 2.44 bits per heavy atom. The molecule has 0 atom stereocenters. The molecule has 188 valence electrons. The molecule has 0 bridgehead atoms. The first-order valence-corrected chi connectivity index (χ1v) is 13.9. The van der Waals surface area contributed by atoms with Crippen LogP contribution in [0.2, 0.25) is 0 Å². The largest absolute Gasteiger partial charge is 0.490 e. The number of carbonyl (C=O) groups is 1. The Morgan fingerprint density at radius 2 is 1.72 bits per heavy atom. The maximum atomic E-state index is 12.1. The van der Waals surface area contributed by atoms with Crippen LogP contribution in [0.4, 0.5) is 0 Å². The number of benzene rings is 3. The monoisotopic (exact) mass is 522 g/mol. The van der Waals surface area contributed by atoms with E-state index in [1.54, 1.807) is 6.21 Å². The van der Waals surface area contributed by atoms with E-state index in [-0.39, 0.29) is 12.5 Å². The molecule has 1 amide bonds. The molecule has 0 radical (unpaired) electrons. The van der Waals surface area contributed by atoms with E-state index in [2.05, 4.69) is 41.7 Å². The van der Waals surface area contributed by atoms with E-state index in [1.165, 1.54) is 22.6 Å². The molecular weight excluding hydrogens is 492 g/mol. The van der Waals surface area contributed by atoms with Crippen LogP contribution < -0.4 is 19.6 Å². The molecule has 0 aliphatic carbocycles. The fourth-order valence-electron chi connectivity index (χ4n) is 3.47. The fraction of sp³-hybridized carbons (Fsp3) is 0.286. The summed E-state index contributed by atoms with van der Waals surface area (Å²) in [4.78, 5) is 12.1. The molecule has 1 fully saturated rings. The van der Waals surface area contributed by atoms with Crippen molar-refractivity contribution in [3.05, 3.63) is 89.0 Å². The summed E-state index contributed by atoms with van der Waals surface area (Å²) in [6, 6.07) is 21.7. The van der Waals surface area contributed by atoms with Crippen LogP contribution in [0.5, 0.6) is 17.2 Å². The molecule has 3 aromatic rings. The quantitative estimate of drug-likeness (QED) is 0.247. The first-order valence-electron chi connectivity index (χ1n) is 11.8. The van der Waals surface area contributed by atoms with Gasteiger partial charge in [-0.25, -0.2) is 5.43 Å². The van der Waals surface area contributed by atoms with Gasteiger partial charge in [-0.15, -0.1) is 23.5 Å². The molecular formula is C28H30N2O4S2. The van der Waals surface area contributed by atoms with Crippen LogP contribution in [-0.4, -0.2) is 36.8 Å². The Kier molecular flexibility index (Phi) is 9.58. The van der Waals surface area contributed by atoms with Crippen LogP contribution in [0, 0.1) is 6.92 Å². The van der Waals surface area contributed by atoms with Gasteiger partial charge in [-0.2, -0.15) is 5.10 Å². The van der Waals surface area contributed by atoms with E-state index >= 15 is 0 Å². The van der Waals surface area contributed by atoms with Crippen molar-refractivity contribution in [2.24, 2.45) is 5.10 Å². The SMILES string of the molecule is CCOc1cc(/C=N\NC(=O)COc2ccc(C3SCCS3)cc2)ccc1OCc1ccc(C)cc1. The van der Waals surface area contributed by atoms with Gasteiger partial charge in [-0.3, -0.25) is 4.79 Å². The van der Waals surface area contributed by atoms with Crippen molar-refractivity contribution in [2.75, 3.05) is 24.7 Å². The van der Waals surface area contributed by atoms with Gasteiger partial charge in [-0.05, 0) is 60.9 Å². The number of carbonyl (C=O) groups excluding carboxylic acids is 1. The lowest BCUT2D eigenvalue weighted by Gasteiger charge is -2.13. The number of hydrazone groups is 1. The molecule has 3 aromatic carbocycles. The summed E-state index contributed by atoms with van der Waals surface area (Å²) in [5.41, 5.74) is 6.85. The summed E-state index contributed by atoms with van der Waals surface area (Å²) in [5.74, 6) is 3.98. The number of hydrogen-bond acceptors (Lipinski definition) is 7. The van der Waals surface area contributed by atoms with Crippen molar-refractivity contribution in [1.82, 2.24) is 5.43 Å². The molecule has 0 saturated carbocycles. The third kappa shape index (κ3) is 7.70. The molecule has 1 heterocycles. The average molecular weight is 523 g/mol. The number of nitrogens with one attached hydrogen (secondary N) is 1. The Bertz CT molecular complexity index is 1160. The zero-order valence-corrected chi connectivity index (χ0v) is 22.1. The van der Waals surface area contributed by atoms with Gasteiger partial charge in [0.15, 0.2) is 18.1 Å². The van der Waals surface area contributed by atoms with E-state index in [1.807, 2.05) is 72.9 Å². The second-order valence-electron chi connectivity index (χ2n) is 8.14. The van der Waals surface area contributed by atoms with Gasteiger partial charge in [-0.1, -0.05) is 42.0 Å². The molecule has 1 aliphatic heterocycles. The van der Waals surface area contributed by atoms with Crippen molar-refractivity contribution in [3.63, 3.8) is 0 Å². The minimum absolute atomic E-state index is 0.112. The summed E-state index contributed by atoms with van der Waals surface area (Å²) in [6.07, 6.45) is 1.57. The van der Waals surface area contributed by atoms with Crippen LogP contribution in [0.25, 0.3) is 0 Å².